The SMILES string of the molecule is O=Cc1ccc2c(ccn2CC2CCOCC2)c1. The quantitative estimate of drug-likeness (QED) is 0.776. The second-order valence-electron chi connectivity index (χ2n) is 4.96. The Morgan fingerprint density at radius 2 is 2.11 bits per heavy atom. The first-order valence-corrected chi connectivity index (χ1v) is 6.48. The van der Waals surface area contributed by atoms with Crippen LogP contribution < -0.4 is 0 Å². The number of ether oxygens (including phenoxy) is 1. The van der Waals surface area contributed by atoms with Crippen molar-refractivity contribution in [1.82, 2.24) is 4.57 Å². The Labute approximate surface area is 106 Å². The molecule has 0 amide bonds. The molecule has 1 saturated heterocycles. The van der Waals surface area contributed by atoms with Crippen LogP contribution in [0, 0.1) is 5.92 Å². The highest BCUT2D eigenvalue weighted by Crippen LogP contribution is 2.22. The van der Waals surface area contributed by atoms with E-state index < -0.39 is 0 Å². The maximum absolute atomic E-state index is 10.8. The maximum atomic E-state index is 10.8. The Kier molecular flexibility index (Phi) is 3.15. The summed E-state index contributed by atoms with van der Waals surface area (Å²) in [6, 6.07) is 7.96. The number of hydrogen-bond donors (Lipinski definition) is 0. The van der Waals surface area contributed by atoms with Gasteiger partial charge in [-0.3, -0.25) is 4.79 Å². The lowest BCUT2D eigenvalue weighted by atomic mass is 10.0. The van der Waals surface area contributed by atoms with E-state index in [1.807, 2.05) is 18.2 Å². The zero-order valence-corrected chi connectivity index (χ0v) is 10.3. The van der Waals surface area contributed by atoms with Crippen molar-refractivity contribution in [2.75, 3.05) is 13.2 Å². The summed E-state index contributed by atoms with van der Waals surface area (Å²) in [6.45, 7) is 2.83. The molecule has 0 atom stereocenters. The van der Waals surface area contributed by atoms with Crippen LogP contribution in [-0.2, 0) is 11.3 Å². The molecule has 2 heterocycles. The first-order valence-electron chi connectivity index (χ1n) is 6.48. The molecule has 0 N–H and O–H groups in total. The van der Waals surface area contributed by atoms with Crippen LogP contribution in [0.3, 0.4) is 0 Å². The minimum Gasteiger partial charge on any atom is -0.381 e. The van der Waals surface area contributed by atoms with Crippen molar-refractivity contribution in [2.45, 2.75) is 19.4 Å². The fourth-order valence-corrected chi connectivity index (χ4v) is 2.66. The van der Waals surface area contributed by atoms with Gasteiger partial charge in [-0.25, -0.2) is 0 Å². The van der Waals surface area contributed by atoms with Crippen molar-refractivity contribution in [3.05, 3.63) is 36.0 Å². The number of nitrogens with zero attached hydrogens (tertiary/aromatic N) is 1. The molecule has 1 aliphatic rings. The van der Waals surface area contributed by atoms with Crippen molar-refractivity contribution < 1.29 is 9.53 Å². The lowest BCUT2D eigenvalue weighted by molar-refractivity contribution is 0.0616. The molecule has 3 nitrogen and oxygen atoms in total. The second-order valence-corrected chi connectivity index (χ2v) is 4.96. The largest absolute Gasteiger partial charge is 0.381 e. The van der Waals surface area contributed by atoms with Gasteiger partial charge < -0.3 is 9.30 Å². The predicted octanol–water partition coefficient (Wildman–Crippen LogP) is 2.88. The van der Waals surface area contributed by atoms with Gasteiger partial charge in [0, 0.05) is 42.4 Å². The standard InChI is InChI=1S/C15H17NO2/c17-11-13-1-2-15-14(9-13)3-6-16(15)10-12-4-7-18-8-5-12/h1-3,6,9,11-12H,4-5,7-8,10H2. The number of benzene rings is 1. The lowest BCUT2D eigenvalue weighted by Crippen LogP contribution is -2.19. The number of carbonyl (C=O) groups is 1. The molecule has 0 saturated carbocycles. The van der Waals surface area contributed by atoms with Gasteiger partial charge in [-0.2, -0.15) is 0 Å². The van der Waals surface area contributed by atoms with E-state index in [1.54, 1.807) is 0 Å². The third-order valence-electron chi connectivity index (χ3n) is 3.73. The van der Waals surface area contributed by atoms with E-state index in [0.29, 0.717) is 5.92 Å². The van der Waals surface area contributed by atoms with Crippen LogP contribution >= 0.6 is 0 Å². The number of hydrogen-bond acceptors (Lipinski definition) is 2. The second kappa shape index (κ2) is 4.94. The summed E-state index contributed by atoms with van der Waals surface area (Å²) >= 11 is 0. The van der Waals surface area contributed by atoms with Gasteiger partial charge in [0.2, 0.25) is 0 Å². The van der Waals surface area contributed by atoms with Crippen LogP contribution in [-0.4, -0.2) is 24.1 Å². The van der Waals surface area contributed by atoms with Crippen molar-refractivity contribution in [3.63, 3.8) is 0 Å². The summed E-state index contributed by atoms with van der Waals surface area (Å²) in [5.41, 5.74) is 1.96. The van der Waals surface area contributed by atoms with Crippen LogP contribution in [0.15, 0.2) is 30.5 Å². The first-order chi connectivity index (χ1) is 8.86. The number of fused-ring (bicyclic) bond motifs is 1. The monoisotopic (exact) mass is 243 g/mol. The normalized spacial score (nSPS) is 17.1. The molecule has 0 radical (unpaired) electrons. The van der Waals surface area contributed by atoms with Gasteiger partial charge in [0.15, 0.2) is 0 Å². The Bertz CT molecular complexity index is 553. The molecule has 0 spiro atoms. The van der Waals surface area contributed by atoms with Gasteiger partial charge in [-0.15, -0.1) is 0 Å². The summed E-state index contributed by atoms with van der Waals surface area (Å²) in [6.07, 6.45) is 5.31. The smallest absolute Gasteiger partial charge is 0.150 e. The Hall–Kier alpha value is -1.61. The van der Waals surface area contributed by atoms with E-state index in [1.165, 1.54) is 5.52 Å². The van der Waals surface area contributed by atoms with E-state index in [4.69, 9.17) is 4.74 Å². The van der Waals surface area contributed by atoms with Crippen molar-refractivity contribution in [2.24, 2.45) is 5.92 Å². The van der Waals surface area contributed by atoms with Crippen LogP contribution in [0.5, 0.6) is 0 Å². The summed E-state index contributed by atoms with van der Waals surface area (Å²) in [4.78, 5) is 10.8. The summed E-state index contributed by atoms with van der Waals surface area (Å²) in [5, 5.41) is 1.15. The van der Waals surface area contributed by atoms with Crippen molar-refractivity contribution in [3.8, 4) is 0 Å². The highest BCUT2D eigenvalue weighted by molar-refractivity contribution is 5.87. The molecular weight excluding hydrogens is 226 g/mol. The molecule has 3 rings (SSSR count). The molecular formula is C15H17NO2. The molecule has 1 fully saturated rings. The average molecular weight is 243 g/mol. The zero-order valence-electron chi connectivity index (χ0n) is 10.3. The molecule has 3 heteroatoms. The van der Waals surface area contributed by atoms with Gasteiger partial charge in [0.1, 0.15) is 6.29 Å². The fraction of sp³-hybridized carbons (Fsp3) is 0.400. The minimum atomic E-state index is 0.708. The highest BCUT2D eigenvalue weighted by atomic mass is 16.5. The maximum Gasteiger partial charge on any atom is 0.150 e. The zero-order chi connectivity index (χ0) is 12.4. The summed E-state index contributed by atoms with van der Waals surface area (Å²) < 4.78 is 7.68. The molecule has 2 aromatic rings. The number of carbonyl (C=O) groups excluding carboxylic acids is 1. The Morgan fingerprint density at radius 3 is 2.89 bits per heavy atom. The molecule has 1 aromatic heterocycles. The summed E-state index contributed by atoms with van der Waals surface area (Å²) in [7, 11) is 0. The van der Waals surface area contributed by atoms with Crippen LogP contribution in [0.25, 0.3) is 10.9 Å². The average Bonchev–Trinajstić information content (AvgIpc) is 2.82. The molecule has 1 aliphatic heterocycles. The predicted molar refractivity (Wildman–Crippen MR) is 70.9 cm³/mol. The van der Waals surface area contributed by atoms with E-state index in [2.05, 4.69) is 16.8 Å². The molecule has 94 valence electrons. The number of aldehydes is 1. The van der Waals surface area contributed by atoms with Gasteiger partial charge in [-0.1, -0.05) is 0 Å². The van der Waals surface area contributed by atoms with E-state index in [0.717, 1.165) is 49.8 Å². The van der Waals surface area contributed by atoms with Gasteiger partial charge in [0.25, 0.3) is 0 Å². The van der Waals surface area contributed by atoms with Crippen molar-refractivity contribution in [1.29, 1.82) is 0 Å². The Morgan fingerprint density at radius 1 is 1.28 bits per heavy atom. The fourth-order valence-electron chi connectivity index (χ4n) is 2.66. The third-order valence-corrected chi connectivity index (χ3v) is 3.73. The topological polar surface area (TPSA) is 31.2 Å². The molecule has 18 heavy (non-hydrogen) atoms. The van der Waals surface area contributed by atoms with Gasteiger partial charge >= 0.3 is 0 Å². The van der Waals surface area contributed by atoms with Crippen molar-refractivity contribution >= 4 is 17.2 Å². The summed E-state index contributed by atoms with van der Waals surface area (Å²) in [5.74, 6) is 0.708. The number of aromatic nitrogens is 1. The van der Waals surface area contributed by atoms with E-state index in [-0.39, 0.29) is 0 Å². The molecule has 0 unspecified atom stereocenters. The molecule has 1 aromatic carbocycles. The molecule has 0 bridgehead atoms. The highest BCUT2D eigenvalue weighted by Gasteiger charge is 2.15. The minimum absolute atomic E-state index is 0.708. The third kappa shape index (κ3) is 2.18. The lowest BCUT2D eigenvalue weighted by Gasteiger charge is -2.22. The van der Waals surface area contributed by atoms with E-state index >= 15 is 0 Å². The van der Waals surface area contributed by atoms with Crippen LogP contribution in [0.2, 0.25) is 0 Å². The van der Waals surface area contributed by atoms with Gasteiger partial charge in [0.05, 0.1) is 0 Å². The number of rotatable bonds is 3. The first kappa shape index (κ1) is 11.5. The van der Waals surface area contributed by atoms with E-state index in [9.17, 15) is 4.79 Å². The molecule has 0 aliphatic carbocycles. The van der Waals surface area contributed by atoms with Crippen LogP contribution in [0.4, 0.5) is 0 Å². The Balaban J connectivity index is 1.85. The van der Waals surface area contributed by atoms with Crippen LogP contribution in [0.1, 0.15) is 23.2 Å². The van der Waals surface area contributed by atoms with Gasteiger partial charge in [-0.05, 0) is 43.0 Å².